The van der Waals surface area contributed by atoms with Crippen LogP contribution in [0.4, 0.5) is 11.4 Å². The number of hydroxylamine groups is 1. The molecule has 144 valence electrons. The lowest BCUT2D eigenvalue weighted by Crippen LogP contribution is -2.37. The van der Waals surface area contributed by atoms with Crippen LogP contribution in [0.2, 0.25) is 5.02 Å². The first kappa shape index (κ1) is 17.8. The van der Waals surface area contributed by atoms with Crippen molar-refractivity contribution in [1.29, 1.82) is 0 Å². The number of para-hydroxylation sites is 1. The second-order valence-electron chi connectivity index (χ2n) is 6.93. The van der Waals surface area contributed by atoms with Crippen LogP contribution < -0.4 is 9.96 Å². The molecule has 3 heterocycles. The normalized spacial score (nSPS) is 23.6. The van der Waals surface area contributed by atoms with E-state index in [2.05, 4.69) is 4.98 Å². The number of pyridine rings is 1. The molecule has 0 aliphatic carbocycles. The largest absolute Gasteiger partial charge is 0.273 e. The first-order chi connectivity index (χ1) is 14.1. The van der Waals surface area contributed by atoms with Crippen molar-refractivity contribution in [2.24, 2.45) is 5.92 Å². The lowest BCUT2D eigenvalue weighted by molar-refractivity contribution is -0.126. The summed E-state index contributed by atoms with van der Waals surface area (Å²) in [6, 6.07) is 19.4. The number of carbonyl (C=O) groups excluding carboxylic acids is 2. The van der Waals surface area contributed by atoms with Crippen molar-refractivity contribution in [3.8, 4) is 0 Å². The summed E-state index contributed by atoms with van der Waals surface area (Å²) < 4.78 is 0. The molecule has 0 saturated carbocycles. The molecule has 2 aliphatic rings. The summed E-state index contributed by atoms with van der Waals surface area (Å²) in [5.41, 5.74) is 2.08. The summed E-state index contributed by atoms with van der Waals surface area (Å²) in [5, 5.41) is 2.12. The minimum absolute atomic E-state index is 0.303. The number of imide groups is 1. The zero-order chi connectivity index (χ0) is 20.0. The number of amides is 2. The van der Waals surface area contributed by atoms with E-state index >= 15 is 0 Å². The number of nitrogens with zero attached hydrogens (tertiary/aromatic N) is 3. The Hall–Kier alpha value is -3.22. The molecule has 2 aliphatic heterocycles. The maximum atomic E-state index is 13.4. The lowest BCUT2D eigenvalue weighted by Gasteiger charge is -2.28. The van der Waals surface area contributed by atoms with E-state index in [0.717, 1.165) is 11.3 Å². The first-order valence-electron chi connectivity index (χ1n) is 9.19. The molecule has 7 heteroatoms. The maximum absolute atomic E-state index is 13.4. The van der Waals surface area contributed by atoms with Gasteiger partial charge in [-0.2, -0.15) is 0 Å². The van der Waals surface area contributed by atoms with Gasteiger partial charge in [0.05, 0.1) is 17.4 Å². The highest BCUT2D eigenvalue weighted by molar-refractivity contribution is 6.31. The predicted molar refractivity (Wildman–Crippen MR) is 108 cm³/mol. The van der Waals surface area contributed by atoms with E-state index in [9.17, 15) is 9.59 Å². The van der Waals surface area contributed by atoms with Gasteiger partial charge in [-0.1, -0.05) is 35.9 Å². The Morgan fingerprint density at radius 3 is 2.31 bits per heavy atom. The van der Waals surface area contributed by atoms with Gasteiger partial charge in [0, 0.05) is 17.4 Å². The molecule has 2 amide bonds. The Morgan fingerprint density at radius 2 is 1.59 bits per heavy atom. The fraction of sp³-hybridized carbons (Fsp3) is 0.136. The van der Waals surface area contributed by atoms with Gasteiger partial charge < -0.3 is 0 Å². The van der Waals surface area contributed by atoms with Crippen molar-refractivity contribution < 1.29 is 14.4 Å². The highest BCUT2D eigenvalue weighted by atomic mass is 35.5. The molecule has 2 fully saturated rings. The minimum Gasteiger partial charge on any atom is -0.273 e. The molecule has 0 unspecified atom stereocenters. The molecule has 0 bridgehead atoms. The third kappa shape index (κ3) is 2.88. The molecule has 6 nitrogen and oxygen atoms in total. The molecule has 3 aromatic rings. The van der Waals surface area contributed by atoms with Crippen LogP contribution in [0.25, 0.3) is 0 Å². The third-order valence-electron chi connectivity index (χ3n) is 5.24. The first-order valence-corrected chi connectivity index (χ1v) is 9.57. The van der Waals surface area contributed by atoms with Crippen LogP contribution in [0.3, 0.4) is 0 Å². The lowest BCUT2D eigenvalue weighted by atomic mass is 9.91. The number of fused-ring (bicyclic) bond motifs is 1. The molecule has 1 aromatic heterocycles. The number of rotatable bonds is 3. The van der Waals surface area contributed by atoms with E-state index in [4.69, 9.17) is 16.4 Å². The van der Waals surface area contributed by atoms with Crippen molar-refractivity contribution in [3.05, 3.63) is 89.7 Å². The van der Waals surface area contributed by atoms with E-state index in [1.165, 1.54) is 4.90 Å². The number of aromatic nitrogens is 1. The SMILES string of the molecule is O=C1[C@@H]2[C@@H](ON(c3ccccc3)[C@H]2c2ccncc2)C(=O)N1c1cccc(Cl)c1. The van der Waals surface area contributed by atoms with Crippen LogP contribution in [0, 0.1) is 5.92 Å². The monoisotopic (exact) mass is 405 g/mol. The van der Waals surface area contributed by atoms with Crippen LogP contribution in [-0.2, 0) is 14.4 Å². The number of hydrogen-bond acceptors (Lipinski definition) is 5. The van der Waals surface area contributed by atoms with Crippen molar-refractivity contribution in [1.82, 2.24) is 4.98 Å². The van der Waals surface area contributed by atoms with E-state index in [1.54, 1.807) is 41.7 Å². The summed E-state index contributed by atoms with van der Waals surface area (Å²) in [4.78, 5) is 37.9. The summed E-state index contributed by atoms with van der Waals surface area (Å²) >= 11 is 6.07. The molecule has 0 radical (unpaired) electrons. The summed E-state index contributed by atoms with van der Waals surface area (Å²) in [7, 11) is 0. The predicted octanol–water partition coefficient (Wildman–Crippen LogP) is 3.79. The molecule has 5 rings (SSSR count). The second-order valence-corrected chi connectivity index (χ2v) is 7.37. The molecule has 3 atom stereocenters. The van der Waals surface area contributed by atoms with Gasteiger partial charge in [0.15, 0.2) is 6.10 Å². The topological polar surface area (TPSA) is 62.7 Å². The van der Waals surface area contributed by atoms with E-state index in [-0.39, 0.29) is 11.8 Å². The van der Waals surface area contributed by atoms with Crippen LogP contribution >= 0.6 is 11.6 Å². The van der Waals surface area contributed by atoms with Crippen LogP contribution in [0.1, 0.15) is 11.6 Å². The van der Waals surface area contributed by atoms with Crippen LogP contribution in [0.15, 0.2) is 79.1 Å². The summed E-state index contributed by atoms with van der Waals surface area (Å²) in [6.07, 6.45) is 2.43. The average Bonchev–Trinajstić information content (AvgIpc) is 3.26. The van der Waals surface area contributed by atoms with Gasteiger partial charge in [-0.15, -0.1) is 0 Å². The van der Waals surface area contributed by atoms with Crippen molar-refractivity contribution in [3.63, 3.8) is 0 Å². The second kappa shape index (κ2) is 6.99. The Balaban J connectivity index is 1.59. The molecule has 0 N–H and O–H groups in total. The Kier molecular flexibility index (Phi) is 4.30. The van der Waals surface area contributed by atoms with Crippen molar-refractivity contribution in [2.75, 3.05) is 9.96 Å². The standard InChI is InChI=1S/C22H16ClN3O3/c23-15-5-4-8-17(13-15)25-21(27)18-19(14-9-11-24-12-10-14)26(29-20(18)22(25)28)16-6-2-1-3-7-16/h1-13,18-20H/t18-,19-,20+/m0/s1. The number of benzene rings is 2. The molecule has 2 saturated heterocycles. The highest BCUT2D eigenvalue weighted by Crippen LogP contribution is 2.47. The van der Waals surface area contributed by atoms with E-state index in [1.807, 2.05) is 42.5 Å². The summed E-state index contributed by atoms with van der Waals surface area (Å²) in [5.74, 6) is -1.37. The van der Waals surface area contributed by atoms with Crippen molar-refractivity contribution in [2.45, 2.75) is 12.1 Å². The fourth-order valence-electron chi connectivity index (χ4n) is 3.98. The van der Waals surface area contributed by atoms with Gasteiger partial charge in [0.2, 0.25) is 5.91 Å². The fourth-order valence-corrected chi connectivity index (χ4v) is 4.17. The van der Waals surface area contributed by atoms with Gasteiger partial charge in [-0.05, 0) is 48.0 Å². The Morgan fingerprint density at radius 1 is 0.862 bits per heavy atom. The zero-order valence-corrected chi connectivity index (χ0v) is 15.9. The summed E-state index contributed by atoms with van der Waals surface area (Å²) in [6.45, 7) is 0. The van der Waals surface area contributed by atoms with Gasteiger partial charge in [-0.25, -0.2) is 9.96 Å². The zero-order valence-electron chi connectivity index (χ0n) is 15.2. The quantitative estimate of drug-likeness (QED) is 0.620. The number of halogens is 1. The maximum Gasteiger partial charge on any atom is 0.266 e. The van der Waals surface area contributed by atoms with Gasteiger partial charge >= 0.3 is 0 Å². The highest BCUT2D eigenvalue weighted by Gasteiger charge is 2.60. The van der Waals surface area contributed by atoms with Crippen molar-refractivity contribution >= 4 is 34.8 Å². The molecular formula is C22H16ClN3O3. The minimum atomic E-state index is -0.903. The van der Waals surface area contributed by atoms with E-state index < -0.39 is 18.1 Å². The number of carbonyl (C=O) groups is 2. The average molecular weight is 406 g/mol. The smallest absolute Gasteiger partial charge is 0.266 e. The Bertz CT molecular complexity index is 1080. The van der Waals surface area contributed by atoms with Gasteiger partial charge in [0.1, 0.15) is 5.92 Å². The number of hydrogen-bond donors (Lipinski definition) is 0. The van der Waals surface area contributed by atoms with E-state index in [0.29, 0.717) is 10.7 Å². The molecule has 0 spiro atoms. The third-order valence-corrected chi connectivity index (χ3v) is 5.48. The Labute approximate surface area is 172 Å². The van der Waals surface area contributed by atoms with Gasteiger partial charge in [0.25, 0.3) is 5.91 Å². The van der Waals surface area contributed by atoms with Crippen LogP contribution in [0.5, 0.6) is 0 Å². The number of anilines is 2. The molecule has 2 aromatic carbocycles. The van der Waals surface area contributed by atoms with Gasteiger partial charge in [-0.3, -0.25) is 19.4 Å². The van der Waals surface area contributed by atoms with Crippen LogP contribution in [-0.4, -0.2) is 22.9 Å². The molecular weight excluding hydrogens is 390 g/mol. The molecule has 29 heavy (non-hydrogen) atoms.